The number of nitrogen functional groups attached to an aromatic ring is 1. The van der Waals surface area contributed by atoms with Gasteiger partial charge in [0.15, 0.2) is 0 Å². The Morgan fingerprint density at radius 3 is 2.25 bits per heavy atom. The Balaban J connectivity index is 2.23. The number of benzene rings is 2. The van der Waals surface area contributed by atoms with Crippen molar-refractivity contribution in [3.8, 4) is 28.5 Å². The second-order valence-electron chi connectivity index (χ2n) is 5.56. The molecule has 0 bridgehead atoms. The highest BCUT2D eigenvalue weighted by Gasteiger charge is 2.13. The SMILES string of the molecule is Cc1ccc(-c2nc(C=N)c(N)cc2-c2ccc(C#N)cc2)cc1. The van der Waals surface area contributed by atoms with Gasteiger partial charge in [-0.25, -0.2) is 4.98 Å². The van der Waals surface area contributed by atoms with E-state index in [1.807, 2.05) is 49.4 Å². The number of anilines is 1. The first-order valence-corrected chi connectivity index (χ1v) is 7.51. The van der Waals surface area contributed by atoms with Crippen LogP contribution in [-0.2, 0) is 0 Å². The van der Waals surface area contributed by atoms with Gasteiger partial charge in [0.1, 0.15) is 5.69 Å². The van der Waals surface area contributed by atoms with Gasteiger partial charge >= 0.3 is 0 Å². The third kappa shape index (κ3) is 2.88. The van der Waals surface area contributed by atoms with E-state index in [-0.39, 0.29) is 0 Å². The molecule has 3 N–H and O–H groups in total. The lowest BCUT2D eigenvalue weighted by Crippen LogP contribution is -2.01. The normalized spacial score (nSPS) is 10.2. The van der Waals surface area contributed by atoms with E-state index in [2.05, 4.69) is 11.1 Å². The van der Waals surface area contributed by atoms with Crippen molar-refractivity contribution in [1.29, 1.82) is 10.7 Å². The van der Waals surface area contributed by atoms with Gasteiger partial charge in [0.2, 0.25) is 0 Å². The smallest absolute Gasteiger partial charge is 0.104 e. The van der Waals surface area contributed by atoms with Crippen molar-refractivity contribution in [2.75, 3.05) is 5.73 Å². The maximum atomic E-state index is 8.96. The third-order valence-electron chi connectivity index (χ3n) is 3.87. The van der Waals surface area contributed by atoms with Gasteiger partial charge in [0, 0.05) is 17.3 Å². The summed E-state index contributed by atoms with van der Waals surface area (Å²) in [5.41, 5.74) is 12.3. The molecule has 0 unspecified atom stereocenters. The standard InChI is InChI=1S/C20H16N4/c1-13-2-6-16(7-3-13)20-17(10-18(23)19(12-22)24-20)15-8-4-14(11-21)5-9-15/h2-10,12,22H,23H2,1H3. The highest BCUT2D eigenvalue weighted by atomic mass is 14.8. The fraction of sp³-hybridized carbons (Fsp3) is 0.0500. The Kier molecular flexibility index (Phi) is 4.09. The van der Waals surface area contributed by atoms with Gasteiger partial charge in [-0.1, -0.05) is 42.0 Å². The lowest BCUT2D eigenvalue weighted by Gasteiger charge is -2.13. The molecule has 1 aromatic heterocycles. The van der Waals surface area contributed by atoms with E-state index < -0.39 is 0 Å². The number of nitrogens with zero attached hydrogens (tertiary/aromatic N) is 2. The molecule has 0 fully saturated rings. The van der Waals surface area contributed by atoms with Crippen LogP contribution in [0.4, 0.5) is 5.69 Å². The van der Waals surface area contributed by atoms with E-state index in [0.29, 0.717) is 16.9 Å². The van der Waals surface area contributed by atoms with Crippen LogP contribution in [0.25, 0.3) is 22.4 Å². The number of nitriles is 1. The molecule has 0 spiro atoms. The summed E-state index contributed by atoms with van der Waals surface area (Å²) in [7, 11) is 0. The summed E-state index contributed by atoms with van der Waals surface area (Å²) in [6.07, 6.45) is 1.16. The van der Waals surface area contributed by atoms with Gasteiger partial charge in [-0.15, -0.1) is 0 Å². The molecule has 0 atom stereocenters. The topological polar surface area (TPSA) is 86.6 Å². The van der Waals surface area contributed by atoms with Crippen LogP contribution in [0.2, 0.25) is 0 Å². The quantitative estimate of drug-likeness (QED) is 0.711. The predicted molar refractivity (Wildman–Crippen MR) is 96.9 cm³/mol. The summed E-state index contributed by atoms with van der Waals surface area (Å²) < 4.78 is 0. The van der Waals surface area contributed by atoms with E-state index in [0.717, 1.165) is 28.6 Å². The molecule has 0 aliphatic carbocycles. The van der Waals surface area contributed by atoms with Crippen molar-refractivity contribution in [3.63, 3.8) is 0 Å². The Labute approximate surface area is 140 Å². The minimum atomic E-state index is 0.447. The third-order valence-corrected chi connectivity index (χ3v) is 3.87. The van der Waals surface area contributed by atoms with Gasteiger partial charge in [-0.3, -0.25) is 0 Å². The molecule has 0 saturated heterocycles. The molecule has 116 valence electrons. The molecule has 0 aliphatic heterocycles. The molecule has 4 heteroatoms. The Hall–Kier alpha value is -3.45. The van der Waals surface area contributed by atoms with E-state index in [4.69, 9.17) is 16.4 Å². The van der Waals surface area contributed by atoms with Crippen LogP contribution in [0.1, 0.15) is 16.8 Å². The van der Waals surface area contributed by atoms with Crippen LogP contribution in [0, 0.1) is 23.7 Å². The molecule has 3 aromatic rings. The molecule has 3 rings (SSSR count). The molecule has 0 amide bonds. The molecular weight excluding hydrogens is 296 g/mol. The van der Waals surface area contributed by atoms with E-state index in [1.165, 1.54) is 5.56 Å². The maximum Gasteiger partial charge on any atom is 0.104 e. The number of rotatable bonds is 3. The van der Waals surface area contributed by atoms with Crippen LogP contribution in [-0.4, -0.2) is 11.2 Å². The zero-order valence-corrected chi connectivity index (χ0v) is 13.2. The summed E-state index contributed by atoms with van der Waals surface area (Å²) in [6, 6.07) is 19.3. The van der Waals surface area contributed by atoms with Crippen molar-refractivity contribution >= 4 is 11.9 Å². The van der Waals surface area contributed by atoms with Gasteiger partial charge in [0.05, 0.1) is 23.0 Å². The number of hydrogen-bond donors (Lipinski definition) is 2. The van der Waals surface area contributed by atoms with E-state index in [9.17, 15) is 0 Å². The lowest BCUT2D eigenvalue weighted by molar-refractivity contribution is 1.29. The van der Waals surface area contributed by atoms with Gasteiger partial charge < -0.3 is 11.1 Å². The highest BCUT2D eigenvalue weighted by Crippen LogP contribution is 2.33. The summed E-state index contributed by atoms with van der Waals surface area (Å²) in [6.45, 7) is 2.03. The average molecular weight is 312 g/mol. The Bertz CT molecular complexity index is 933. The average Bonchev–Trinajstić information content (AvgIpc) is 2.62. The minimum Gasteiger partial charge on any atom is -0.397 e. The zero-order valence-electron chi connectivity index (χ0n) is 13.2. The summed E-state index contributed by atoms with van der Waals surface area (Å²) in [5.74, 6) is 0. The number of nitrogens with two attached hydrogens (primary N) is 1. The number of aromatic nitrogens is 1. The van der Waals surface area contributed by atoms with Crippen LogP contribution >= 0.6 is 0 Å². The van der Waals surface area contributed by atoms with Crippen molar-refractivity contribution in [3.05, 3.63) is 71.4 Å². The molecule has 4 nitrogen and oxygen atoms in total. The molecular formula is C20H16N4. The van der Waals surface area contributed by atoms with Crippen LogP contribution < -0.4 is 5.73 Å². The summed E-state index contributed by atoms with van der Waals surface area (Å²) in [4.78, 5) is 4.58. The first kappa shape index (κ1) is 15.4. The van der Waals surface area contributed by atoms with E-state index >= 15 is 0 Å². The first-order chi connectivity index (χ1) is 11.6. The summed E-state index contributed by atoms with van der Waals surface area (Å²) >= 11 is 0. The Morgan fingerprint density at radius 2 is 1.67 bits per heavy atom. The molecule has 24 heavy (non-hydrogen) atoms. The minimum absolute atomic E-state index is 0.447. The van der Waals surface area contributed by atoms with Crippen molar-refractivity contribution < 1.29 is 0 Å². The lowest BCUT2D eigenvalue weighted by atomic mass is 9.97. The molecule has 2 aromatic carbocycles. The van der Waals surface area contributed by atoms with Crippen LogP contribution in [0.5, 0.6) is 0 Å². The van der Waals surface area contributed by atoms with Crippen LogP contribution in [0.15, 0.2) is 54.6 Å². The number of aryl methyl sites for hydroxylation is 1. The van der Waals surface area contributed by atoms with Crippen LogP contribution in [0.3, 0.4) is 0 Å². The monoisotopic (exact) mass is 312 g/mol. The summed E-state index contributed by atoms with van der Waals surface area (Å²) in [5, 5.41) is 16.5. The number of nitrogens with one attached hydrogen (secondary N) is 1. The second kappa shape index (κ2) is 6.35. The molecule has 0 radical (unpaired) electrons. The zero-order chi connectivity index (χ0) is 17.1. The number of hydrogen-bond acceptors (Lipinski definition) is 4. The van der Waals surface area contributed by atoms with Gasteiger partial charge in [-0.05, 0) is 30.7 Å². The molecule has 1 heterocycles. The van der Waals surface area contributed by atoms with Gasteiger partial charge in [0.25, 0.3) is 0 Å². The fourth-order valence-corrected chi connectivity index (χ4v) is 2.53. The number of pyridine rings is 1. The largest absolute Gasteiger partial charge is 0.397 e. The highest BCUT2D eigenvalue weighted by molar-refractivity contribution is 5.90. The molecule has 0 aliphatic rings. The first-order valence-electron chi connectivity index (χ1n) is 7.51. The second-order valence-corrected chi connectivity index (χ2v) is 5.56. The van der Waals surface area contributed by atoms with E-state index in [1.54, 1.807) is 12.1 Å². The predicted octanol–water partition coefficient (Wildman–Crippen LogP) is 4.18. The Morgan fingerprint density at radius 1 is 1.04 bits per heavy atom. The fourth-order valence-electron chi connectivity index (χ4n) is 2.53. The maximum absolute atomic E-state index is 8.96. The van der Waals surface area contributed by atoms with Crippen molar-refractivity contribution in [2.24, 2.45) is 0 Å². The van der Waals surface area contributed by atoms with Crippen molar-refractivity contribution in [1.82, 2.24) is 4.98 Å². The van der Waals surface area contributed by atoms with Gasteiger partial charge in [-0.2, -0.15) is 5.26 Å². The molecule has 0 saturated carbocycles. The van der Waals surface area contributed by atoms with Crippen molar-refractivity contribution in [2.45, 2.75) is 6.92 Å².